The lowest BCUT2D eigenvalue weighted by molar-refractivity contribution is -0.140. The van der Waals surface area contributed by atoms with E-state index < -0.39 is 30.2 Å². The van der Waals surface area contributed by atoms with E-state index in [0.717, 1.165) is 0 Å². The summed E-state index contributed by atoms with van der Waals surface area (Å²) in [7, 11) is 1.39. The van der Waals surface area contributed by atoms with Crippen LogP contribution < -0.4 is 15.8 Å². The third-order valence-electron chi connectivity index (χ3n) is 2.36. The van der Waals surface area contributed by atoms with Crippen molar-refractivity contribution >= 4 is 17.8 Å². The molecule has 0 aliphatic heterocycles. The first-order valence-corrected chi connectivity index (χ1v) is 5.40. The van der Waals surface area contributed by atoms with Gasteiger partial charge in [0.1, 0.15) is 11.8 Å². The number of nitrogens with two attached hydrogens (primary N) is 1. The van der Waals surface area contributed by atoms with Crippen molar-refractivity contribution in [3.05, 3.63) is 29.8 Å². The molecule has 0 bridgehead atoms. The van der Waals surface area contributed by atoms with Crippen LogP contribution in [-0.2, 0) is 9.59 Å². The van der Waals surface area contributed by atoms with Crippen LogP contribution in [0.15, 0.2) is 24.3 Å². The third kappa shape index (κ3) is 3.98. The van der Waals surface area contributed by atoms with Crippen LogP contribution in [0.1, 0.15) is 16.8 Å². The van der Waals surface area contributed by atoms with E-state index in [1.54, 1.807) is 18.2 Å². The van der Waals surface area contributed by atoms with Gasteiger partial charge >= 0.3 is 5.97 Å². The largest absolute Gasteiger partial charge is 0.496 e. The second-order valence-electron chi connectivity index (χ2n) is 3.74. The summed E-state index contributed by atoms with van der Waals surface area (Å²) in [4.78, 5) is 33.6. The number of hydrogen-bond donors (Lipinski definition) is 3. The Kier molecular flexibility index (Phi) is 4.87. The van der Waals surface area contributed by atoms with Gasteiger partial charge in [0.2, 0.25) is 5.91 Å². The van der Waals surface area contributed by atoms with Gasteiger partial charge in [0.15, 0.2) is 0 Å². The van der Waals surface area contributed by atoms with Crippen molar-refractivity contribution in [1.82, 2.24) is 5.32 Å². The number of rotatable bonds is 6. The number of benzene rings is 1. The number of hydrogen-bond acceptors (Lipinski definition) is 4. The molecule has 7 nitrogen and oxygen atoms in total. The lowest BCUT2D eigenvalue weighted by atomic mass is 10.1. The van der Waals surface area contributed by atoms with Crippen molar-refractivity contribution in [2.24, 2.45) is 5.73 Å². The molecule has 2 amide bonds. The minimum Gasteiger partial charge on any atom is -0.496 e. The molecule has 0 saturated carbocycles. The number of nitrogens with one attached hydrogen (secondary N) is 1. The predicted octanol–water partition coefficient (Wildman–Crippen LogP) is -0.246. The fourth-order valence-corrected chi connectivity index (χ4v) is 1.47. The van der Waals surface area contributed by atoms with Crippen LogP contribution in [0.4, 0.5) is 0 Å². The van der Waals surface area contributed by atoms with Gasteiger partial charge in [-0.3, -0.25) is 9.59 Å². The lowest BCUT2D eigenvalue weighted by Crippen LogP contribution is -2.43. The minimum atomic E-state index is -1.37. The van der Waals surface area contributed by atoms with E-state index in [4.69, 9.17) is 15.6 Å². The molecule has 1 aromatic rings. The molecule has 19 heavy (non-hydrogen) atoms. The van der Waals surface area contributed by atoms with E-state index in [1.807, 2.05) is 0 Å². The van der Waals surface area contributed by atoms with Crippen LogP contribution >= 0.6 is 0 Å². The van der Waals surface area contributed by atoms with Crippen LogP contribution in [-0.4, -0.2) is 36.0 Å². The van der Waals surface area contributed by atoms with Gasteiger partial charge in [-0.05, 0) is 12.1 Å². The summed E-state index contributed by atoms with van der Waals surface area (Å²) in [5.41, 5.74) is 5.10. The Balaban J connectivity index is 2.87. The van der Waals surface area contributed by atoms with Gasteiger partial charge < -0.3 is 20.9 Å². The molecule has 0 saturated heterocycles. The Bertz CT molecular complexity index is 501. The van der Waals surface area contributed by atoms with E-state index in [1.165, 1.54) is 13.2 Å². The van der Waals surface area contributed by atoms with Crippen molar-refractivity contribution in [2.75, 3.05) is 7.11 Å². The first-order valence-electron chi connectivity index (χ1n) is 5.40. The molecule has 0 aromatic heterocycles. The molecule has 0 aliphatic rings. The zero-order chi connectivity index (χ0) is 14.4. The number of para-hydroxylation sites is 1. The predicted molar refractivity (Wildman–Crippen MR) is 65.7 cm³/mol. The van der Waals surface area contributed by atoms with Gasteiger partial charge in [0, 0.05) is 0 Å². The maximum absolute atomic E-state index is 11.9. The average molecular weight is 266 g/mol. The first kappa shape index (κ1) is 14.5. The van der Waals surface area contributed by atoms with Crippen LogP contribution in [0.3, 0.4) is 0 Å². The van der Waals surface area contributed by atoms with Gasteiger partial charge in [-0.25, -0.2) is 4.79 Å². The summed E-state index contributed by atoms with van der Waals surface area (Å²) >= 11 is 0. The molecule has 0 unspecified atom stereocenters. The van der Waals surface area contributed by atoms with Crippen molar-refractivity contribution in [1.29, 1.82) is 0 Å². The van der Waals surface area contributed by atoms with Crippen LogP contribution in [0.5, 0.6) is 5.75 Å². The highest BCUT2D eigenvalue weighted by molar-refractivity contribution is 5.99. The van der Waals surface area contributed by atoms with Gasteiger partial charge in [-0.2, -0.15) is 0 Å². The molecule has 4 N–H and O–H groups in total. The first-order chi connectivity index (χ1) is 8.95. The van der Waals surface area contributed by atoms with Crippen LogP contribution in [0.25, 0.3) is 0 Å². The molecular formula is C12H14N2O5. The van der Waals surface area contributed by atoms with E-state index in [-0.39, 0.29) is 5.56 Å². The number of methoxy groups -OCH3 is 1. The number of amides is 2. The van der Waals surface area contributed by atoms with Gasteiger partial charge in [-0.15, -0.1) is 0 Å². The van der Waals surface area contributed by atoms with E-state index in [0.29, 0.717) is 5.75 Å². The Labute approximate surface area is 109 Å². The summed E-state index contributed by atoms with van der Waals surface area (Å²) in [6.07, 6.45) is -0.476. The maximum Gasteiger partial charge on any atom is 0.326 e. The normalized spacial score (nSPS) is 11.4. The molecular weight excluding hydrogens is 252 g/mol. The summed E-state index contributed by atoms with van der Waals surface area (Å²) in [5, 5.41) is 11.1. The van der Waals surface area contributed by atoms with E-state index in [2.05, 4.69) is 5.32 Å². The fraction of sp³-hybridized carbons (Fsp3) is 0.250. The number of carboxylic acids is 1. The maximum atomic E-state index is 11.9. The van der Waals surface area contributed by atoms with Crippen molar-refractivity contribution < 1.29 is 24.2 Å². The second kappa shape index (κ2) is 6.39. The number of carbonyl (C=O) groups excluding carboxylic acids is 2. The number of ether oxygens (including phenoxy) is 1. The highest BCUT2D eigenvalue weighted by Gasteiger charge is 2.23. The molecule has 102 valence electrons. The monoisotopic (exact) mass is 266 g/mol. The molecule has 0 fully saturated rings. The molecule has 0 heterocycles. The lowest BCUT2D eigenvalue weighted by Gasteiger charge is -2.14. The van der Waals surface area contributed by atoms with Crippen molar-refractivity contribution in [2.45, 2.75) is 12.5 Å². The zero-order valence-electron chi connectivity index (χ0n) is 10.3. The fourth-order valence-electron chi connectivity index (χ4n) is 1.47. The molecule has 1 atom stereocenters. The smallest absolute Gasteiger partial charge is 0.326 e. The highest BCUT2D eigenvalue weighted by atomic mass is 16.5. The molecule has 1 rings (SSSR count). The molecule has 1 aromatic carbocycles. The average Bonchev–Trinajstić information content (AvgIpc) is 2.37. The Morgan fingerprint density at radius 3 is 2.53 bits per heavy atom. The summed E-state index contributed by atoms with van der Waals surface area (Å²) in [5.74, 6) is -2.48. The molecule has 7 heteroatoms. The zero-order valence-corrected chi connectivity index (χ0v) is 10.3. The Morgan fingerprint density at radius 2 is 2.00 bits per heavy atom. The van der Waals surface area contributed by atoms with Gasteiger partial charge in [-0.1, -0.05) is 12.1 Å². The SMILES string of the molecule is COc1ccccc1C(=O)N[C@@H](CC(N)=O)C(=O)O. The quantitative estimate of drug-likeness (QED) is 0.656. The van der Waals surface area contributed by atoms with Crippen LogP contribution in [0, 0.1) is 0 Å². The third-order valence-corrected chi connectivity index (χ3v) is 2.36. The van der Waals surface area contributed by atoms with Crippen LogP contribution in [0.2, 0.25) is 0 Å². The number of carbonyl (C=O) groups is 3. The molecule has 0 radical (unpaired) electrons. The van der Waals surface area contributed by atoms with E-state index in [9.17, 15) is 14.4 Å². The number of aliphatic carboxylic acids is 1. The summed E-state index contributed by atoms with van der Waals surface area (Å²) in [6, 6.07) is 4.97. The van der Waals surface area contributed by atoms with Crippen molar-refractivity contribution in [3.63, 3.8) is 0 Å². The van der Waals surface area contributed by atoms with Gasteiger partial charge in [0.05, 0.1) is 19.1 Å². The van der Waals surface area contributed by atoms with E-state index >= 15 is 0 Å². The number of primary amides is 1. The van der Waals surface area contributed by atoms with Gasteiger partial charge in [0.25, 0.3) is 5.91 Å². The summed E-state index contributed by atoms with van der Waals surface area (Å²) < 4.78 is 4.99. The Morgan fingerprint density at radius 1 is 1.37 bits per heavy atom. The number of carboxylic acid groups (broad SMARTS) is 1. The highest BCUT2D eigenvalue weighted by Crippen LogP contribution is 2.17. The standard InChI is InChI=1S/C12H14N2O5/c1-19-9-5-3-2-4-7(9)11(16)14-8(12(17)18)6-10(13)15/h2-5,8H,6H2,1H3,(H2,13,15)(H,14,16)(H,17,18)/t8-/m0/s1. The molecule has 0 spiro atoms. The second-order valence-corrected chi connectivity index (χ2v) is 3.74. The minimum absolute atomic E-state index is 0.181. The van der Waals surface area contributed by atoms with Crippen molar-refractivity contribution in [3.8, 4) is 5.75 Å². The Hall–Kier alpha value is -2.57. The summed E-state index contributed by atoms with van der Waals surface area (Å²) in [6.45, 7) is 0. The molecule has 0 aliphatic carbocycles. The topological polar surface area (TPSA) is 119 Å².